The van der Waals surface area contributed by atoms with Gasteiger partial charge in [0.2, 0.25) is 0 Å². The number of thiophene rings is 1. The molecule has 0 amide bonds. The lowest BCUT2D eigenvalue weighted by Crippen LogP contribution is -2.10. The van der Waals surface area contributed by atoms with Crippen molar-refractivity contribution in [3.8, 4) is 0 Å². The molecule has 0 fully saturated rings. The molecule has 0 saturated heterocycles. The van der Waals surface area contributed by atoms with Crippen molar-refractivity contribution >= 4 is 23.1 Å². The molecule has 2 heterocycles. The first-order chi connectivity index (χ1) is 6.27. The second kappa shape index (κ2) is 3.53. The Morgan fingerprint density at radius 1 is 1.54 bits per heavy atom. The van der Waals surface area contributed by atoms with Gasteiger partial charge >= 0.3 is 0 Å². The molecule has 1 unspecified atom stereocenters. The van der Waals surface area contributed by atoms with Crippen molar-refractivity contribution in [3.63, 3.8) is 0 Å². The summed E-state index contributed by atoms with van der Waals surface area (Å²) < 4.78 is 8.04. The minimum atomic E-state index is -0.122. The van der Waals surface area contributed by atoms with E-state index < -0.39 is 0 Å². The molecule has 0 bridgehead atoms. The molecule has 2 rings (SSSR count). The van der Waals surface area contributed by atoms with Crippen LogP contribution < -0.4 is 5.73 Å². The predicted molar refractivity (Wildman–Crippen MR) is 55.0 cm³/mol. The average Bonchev–Trinajstić information content (AvgIpc) is 2.72. The van der Waals surface area contributed by atoms with E-state index in [2.05, 4.69) is 27.1 Å². The van der Waals surface area contributed by atoms with Crippen molar-refractivity contribution in [2.45, 2.75) is 13.0 Å². The third-order valence-electron chi connectivity index (χ3n) is 1.81. The van der Waals surface area contributed by atoms with Gasteiger partial charge in [-0.15, -0.1) is 11.3 Å². The molecule has 13 heavy (non-hydrogen) atoms. The lowest BCUT2D eigenvalue weighted by molar-refractivity contribution is 0.848. The highest BCUT2D eigenvalue weighted by Gasteiger charge is 2.12. The summed E-state index contributed by atoms with van der Waals surface area (Å²) in [4.78, 5) is 1.27. The fraction of sp³-hybridized carbons (Fsp3) is 0.250. The lowest BCUT2D eigenvalue weighted by Gasteiger charge is -2.03. The van der Waals surface area contributed by atoms with Crippen LogP contribution in [-0.4, -0.2) is 8.75 Å². The number of hydrogen-bond acceptors (Lipinski definition) is 5. The number of nitrogens with zero attached hydrogens (tertiary/aromatic N) is 2. The summed E-state index contributed by atoms with van der Waals surface area (Å²) in [5, 5.41) is 2.07. The molecule has 2 aromatic rings. The summed E-state index contributed by atoms with van der Waals surface area (Å²) in [6.07, 6.45) is 1.72. The molecular formula is C8H9N3S2. The molecule has 0 aliphatic carbocycles. The van der Waals surface area contributed by atoms with Gasteiger partial charge in [0.15, 0.2) is 0 Å². The number of aromatic nitrogens is 2. The van der Waals surface area contributed by atoms with E-state index in [4.69, 9.17) is 5.73 Å². The molecule has 0 aliphatic heterocycles. The molecule has 3 nitrogen and oxygen atoms in total. The Labute approximate surface area is 84.6 Å². The van der Waals surface area contributed by atoms with Gasteiger partial charge in [-0.25, -0.2) is 0 Å². The summed E-state index contributed by atoms with van der Waals surface area (Å²) in [7, 11) is 0. The van der Waals surface area contributed by atoms with E-state index in [-0.39, 0.29) is 6.04 Å². The molecule has 5 heteroatoms. The second-order valence-corrected chi connectivity index (χ2v) is 4.47. The molecule has 0 aliphatic rings. The number of rotatable bonds is 2. The van der Waals surface area contributed by atoms with Crippen LogP contribution in [0.15, 0.2) is 17.6 Å². The van der Waals surface area contributed by atoms with Gasteiger partial charge in [0, 0.05) is 4.88 Å². The lowest BCUT2D eigenvalue weighted by atomic mass is 10.1. The van der Waals surface area contributed by atoms with Crippen LogP contribution in [0.2, 0.25) is 0 Å². The first kappa shape index (κ1) is 8.80. The number of nitrogens with two attached hydrogens (primary N) is 1. The molecule has 2 N–H and O–H groups in total. The summed E-state index contributed by atoms with van der Waals surface area (Å²) in [5.74, 6) is 0. The Morgan fingerprint density at radius 2 is 2.38 bits per heavy atom. The molecule has 0 aromatic carbocycles. The zero-order valence-electron chi connectivity index (χ0n) is 7.10. The van der Waals surface area contributed by atoms with Crippen molar-refractivity contribution < 1.29 is 0 Å². The minimum absolute atomic E-state index is 0.122. The van der Waals surface area contributed by atoms with Gasteiger partial charge in [-0.05, 0) is 23.9 Å². The zero-order chi connectivity index (χ0) is 9.26. The monoisotopic (exact) mass is 211 g/mol. The summed E-state index contributed by atoms with van der Waals surface area (Å²) >= 11 is 2.90. The Balaban J connectivity index is 2.28. The van der Waals surface area contributed by atoms with E-state index in [1.807, 2.05) is 0 Å². The summed E-state index contributed by atoms with van der Waals surface area (Å²) in [5.41, 5.74) is 7.96. The Hall–Kier alpha value is -0.780. The first-order valence-corrected chi connectivity index (χ1v) is 5.46. The molecule has 1 atom stereocenters. The van der Waals surface area contributed by atoms with Crippen LogP contribution in [0.1, 0.15) is 22.2 Å². The van der Waals surface area contributed by atoms with Gasteiger partial charge < -0.3 is 5.73 Å². The van der Waals surface area contributed by atoms with Crippen molar-refractivity contribution in [3.05, 3.63) is 33.8 Å². The van der Waals surface area contributed by atoms with Gasteiger partial charge in [0.05, 0.1) is 29.7 Å². The van der Waals surface area contributed by atoms with Gasteiger partial charge in [0.25, 0.3) is 0 Å². The molecule has 0 spiro atoms. The van der Waals surface area contributed by atoms with Crippen LogP contribution in [0.5, 0.6) is 0 Å². The fourth-order valence-electron chi connectivity index (χ4n) is 1.11. The topological polar surface area (TPSA) is 51.8 Å². The van der Waals surface area contributed by atoms with Gasteiger partial charge in [-0.1, -0.05) is 0 Å². The molecule has 0 radical (unpaired) electrons. The van der Waals surface area contributed by atoms with E-state index in [1.54, 1.807) is 17.5 Å². The van der Waals surface area contributed by atoms with E-state index >= 15 is 0 Å². The van der Waals surface area contributed by atoms with Crippen molar-refractivity contribution in [2.75, 3.05) is 0 Å². The van der Waals surface area contributed by atoms with E-state index in [9.17, 15) is 0 Å². The normalized spacial score (nSPS) is 13.1. The Kier molecular flexibility index (Phi) is 2.39. The maximum absolute atomic E-state index is 5.98. The van der Waals surface area contributed by atoms with Crippen LogP contribution >= 0.6 is 23.1 Å². The van der Waals surface area contributed by atoms with E-state index in [1.165, 1.54) is 16.6 Å². The molecule has 68 valence electrons. The highest BCUT2D eigenvalue weighted by Crippen LogP contribution is 2.22. The zero-order valence-corrected chi connectivity index (χ0v) is 8.73. The highest BCUT2D eigenvalue weighted by molar-refractivity contribution is 7.10. The quantitative estimate of drug-likeness (QED) is 0.826. The minimum Gasteiger partial charge on any atom is -0.319 e. The van der Waals surface area contributed by atoms with Crippen LogP contribution in [0, 0.1) is 6.92 Å². The largest absolute Gasteiger partial charge is 0.319 e. The van der Waals surface area contributed by atoms with Gasteiger partial charge in [-0.2, -0.15) is 8.75 Å². The van der Waals surface area contributed by atoms with E-state index in [0.29, 0.717) is 0 Å². The highest BCUT2D eigenvalue weighted by atomic mass is 32.1. The van der Waals surface area contributed by atoms with E-state index in [0.717, 1.165) is 11.3 Å². The summed E-state index contributed by atoms with van der Waals surface area (Å²) in [6.45, 7) is 2.07. The van der Waals surface area contributed by atoms with Gasteiger partial charge in [-0.3, -0.25) is 0 Å². The van der Waals surface area contributed by atoms with Crippen molar-refractivity contribution in [2.24, 2.45) is 5.73 Å². The SMILES string of the molecule is Cc1cc(C(N)c2cnsn2)cs1. The molecular weight excluding hydrogens is 202 g/mol. The van der Waals surface area contributed by atoms with Crippen molar-refractivity contribution in [1.29, 1.82) is 0 Å². The van der Waals surface area contributed by atoms with Crippen LogP contribution in [-0.2, 0) is 0 Å². The Morgan fingerprint density at radius 3 is 2.92 bits per heavy atom. The fourth-order valence-corrected chi connectivity index (χ4v) is 2.30. The van der Waals surface area contributed by atoms with Crippen LogP contribution in [0.25, 0.3) is 0 Å². The second-order valence-electron chi connectivity index (χ2n) is 2.80. The van der Waals surface area contributed by atoms with Gasteiger partial charge in [0.1, 0.15) is 0 Å². The van der Waals surface area contributed by atoms with Crippen molar-refractivity contribution in [1.82, 2.24) is 8.75 Å². The molecule has 0 saturated carbocycles. The van der Waals surface area contributed by atoms with Crippen LogP contribution in [0.4, 0.5) is 0 Å². The maximum atomic E-state index is 5.98. The number of hydrogen-bond donors (Lipinski definition) is 1. The number of aryl methyl sites for hydroxylation is 1. The summed E-state index contributed by atoms with van der Waals surface area (Å²) in [6, 6.07) is 1.97. The predicted octanol–water partition coefficient (Wildman–Crippen LogP) is 1.96. The van der Waals surface area contributed by atoms with Crippen LogP contribution in [0.3, 0.4) is 0 Å². The maximum Gasteiger partial charge on any atom is 0.0955 e. The Bertz CT molecular complexity index is 380. The average molecular weight is 211 g/mol. The third kappa shape index (κ3) is 1.77. The third-order valence-corrected chi connectivity index (χ3v) is 3.18. The smallest absolute Gasteiger partial charge is 0.0955 e. The molecule has 2 aromatic heterocycles. The first-order valence-electron chi connectivity index (χ1n) is 3.85. The standard InChI is InChI=1S/C8H9N3S2/c1-5-2-6(4-12-5)8(9)7-3-10-13-11-7/h2-4,8H,9H2,1H3.